The molecule has 0 aromatic heterocycles. The van der Waals surface area contributed by atoms with Gasteiger partial charge >= 0.3 is 5.97 Å². The van der Waals surface area contributed by atoms with E-state index in [0.717, 1.165) is 39.1 Å². The molecule has 1 saturated heterocycles. The molecule has 3 rings (SSSR count). The number of ether oxygens (including phenoxy) is 2. The number of hydrogen-bond donors (Lipinski definition) is 1. The van der Waals surface area contributed by atoms with Gasteiger partial charge in [0, 0.05) is 26.2 Å². The van der Waals surface area contributed by atoms with Crippen LogP contribution in [0.2, 0.25) is 0 Å². The van der Waals surface area contributed by atoms with Crippen LogP contribution < -0.4 is 4.74 Å². The molecule has 1 atom stereocenters. The van der Waals surface area contributed by atoms with Crippen molar-refractivity contribution in [1.29, 1.82) is 0 Å². The Balaban J connectivity index is 1.40. The zero-order chi connectivity index (χ0) is 20.5. The van der Waals surface area contributed by atoms with E-state index < -0.39 is 6.10 Å². The smallest absolute Gasteiger partial charge is 0.337 e. The van der Waals surface area contributed by atoms with Gasteiger partial charge in [0.1, 0.15) is 18.5 Å². The molecule has 1 aliphatic rings. The summed E-state index contributed by atoms with van der Waals surface area (Å²) in [5.41, 5.74) is 1.82. The zero-order valence-corrected chi connectivity index (χ0v) is 17.0. The Morgan fingerprint density at radius 3 is 2.41 bits per heavy atom. The second-order valence-corrected chi connectivity index (χ2v) is 7.40. The third kappa shape index (κ3) is 6.85. The number of rotatable bonds is 8. The fraction of sp³-hybridized carbons (Fsp3) is 0.435. The largest absolute Gasteiger partial charge is 0.491 e. The van der Waals surface area contributed by atoms with Crippen molar-refractivity contribution < 1.29 is 19.4 Å². The number of carbonyl (C=O) groups is 1. The van der Waals surface area contributed by atoms with Crippen molar-refractivity contribution in [3.8, 4) is 5.75 Å². The van der Waals surface area contributed by atoms with E-state index in [1.807, 2.05) is 6.07 Å². The number of esters is 1. The van der Waals surface area contributed by atoms with Crippen LogP contribution in [0.3, 0.4) is 0 Å². The van der Waals surface area contributed by atoms with Gasteiger partial charge in [-0.15, -0.1) is 0 Å². The van der Waals surface area contributed by atoms with Crippen LogP contribution in [-0.2, 0) is 11.3 Å². The maximum atomic E-state index is 11.5. The molecule has 1 fully saturated rings. The lowest BCUT2D eigenvalue weighted by Gasteiger charge is -2.24. The average Bonchev–Trinajstić information content (AvgIpc) is 2.98. The number of aliphatic hydroxyl groups is 1. The Bertz CT molecular complexity index is 751. The summed E-state index contributed by atoms with van der Waals surface area (Å²) in [6.45, 7) is 5.79. The van der Waals surface area contributed by atoms with Gasteiger partial charge in [-0.05, 0) is 49.3 Å². The lowest BCUT2D eigenvalue weighted by molar-refractivity contribution is 0.0599. The van der Waals surface area contributed by atoms with E-state index in [1.165, 1.54) is 12.7 Å². The van der Waals surface area contributed by atoms with Crippen molar-refractivity contribution in [2.45, 2.75) is 19.1 Å². The van der Waals surface area contributed by atoms with E-state index in [2.05, 4.69) is 38.8 Å². The average molecular weight is 399 g/mol. The van der Waals surface area contributed by atoms with Crippen molar-refractivity contribution in [2.75, 3.05) is 46.4 Å². The highest BCUT2D eigenvalue weighted by atomic mass is 16.5. The van der Waals surface area contributed by atoms with Crippen LogP contribution >= 0.6 is 0 Å². The third-order valence-electron chi connectivity index (χ3n) is 5.12. The number of benzene rings is 2. The Labute approximate surface area is 172 Å². The lowest BCUT2D eigenvalue weighted by atomic mass is 10.2. The highest BCUT2D eigenvalue weighted by Gasteiger charge is 2.18. The molecule has 2 aromatic carbocycles. The van der Waals surface area contributed by atoms with Crippen molar-refractivity contribution in [2.24, 2.45) is 0 Å². The number of carbonyl (C=O) groups excluding carboxylic acids is 1. The van der Waals surface area contributed by atoms with Gasteiger partial charge in [0.2, 0.25) is 0 Å². The monoisotopic (exact) mass is 398 g/mol. The number of hydrogen-bond acceptors (Lipinski definition) is 6. The Morgan fingerprint density at radius 1 is 1.00 bits per heavy atom. The molecule has 0 amide bonds. The summed E-state index contributed by atoms with van der Waals surface area (Å²) in [5, 5.41) is 10.4. The van der Waals surface area contributed by atoms with Crippen LogP contribution in [-0.4, -0.2) is 73.4 Å². The summed E-state index contributed by atoms with van der Waals surface area (Å²) in [6, 6.07) is 17.3. The summed E-state index contributed by atoms with van der Waals surface area (Å²) in [7, 11) is 1.35. The molecule has 0 bridgehead atoms. The third-order valence-corrected chi connectivity index (χ3v) is 5.12. The fourth-order valence-electron chi connectivity index (χ4n) is 3.55. The second kappa shape index (κ2) is 11.0. The van der Waals surface area contributed by atoms with Gasteiger partial charge in [0.15, 0.2) is 0 Å². The first-order chi connectivity index (χ1) is 14.1. The summed E-state index contributed by atoms with van der Waals surface area (Å²) >= 11 is 0. The number of methoxy groups -OCH3 is 1. The SMILES string of the molecule is COC(=O)c1ccc(OCC(O)CN2CCCN(Cc3ccccc3)CC2)cc1. The summed E-state index contributed by atoms with van der Waals surface area (Å²) in [4.78, 5) is 16.2. The van der Waals surface area contributed by atoms with Crippen molar-refractivity contribution in [1.82, 2.24) is 9.80 Å². The van der Waals surface area contributed by atoms with Crippen molar-refractivity contribution in [3.63, 3.8) is 0 Å². The van der Waals surface area contributed by atoms with Crippen LogP contribution in [0.25, 0.3) is 0 Å². The van der Waals surface area contributed by atoms with Gasteiger partial charge in [-0.2, -0.15) is 0 Å². The molecule has 0 radical (unpaired) electrons. The van der Waals surface area contributed by atoms with E-state index in [-0.39, 0.29) is 12.6 Å². The Hall–Kier alpha value is -2.41. The van der Waals surface area contributed by atoms with E-state index in [0.29, 0.717) is 17.9 Å². The van der Waals surface area contributed by atoms with Crippen LogP contribution in [0.5, 0.6) is 5.75 Å². The molecule has 6 heteroatoms. The van der Waals surface area contributed by atoms with Crippen LogP contribution in [0.15, 0.2) is 54.6 Å². The molecular weight excluding hydrogens is 368 g/mol. The summed E-state index contributed by atoms with van der Waals surface area (Å²) in [5.74, 6) is 0.251. The minimum atomic E-state index is -0.559. The van der Waals surface area contributed by atoms with E-state index in [4.69, 9.17) is 4.74 Å². The lowest BCUT2D eigenvalue weighted by Crippen LogP contribution is -2.38. The fourth-order valence-corrected chi connectivity index (χ4v) is 3.55. The van der Waals surface area contributed by atoms with Crippen LogP contribution in [0, 0.1) is 0 Å². The first kappa shape index (κ1) is 21.3. The summed E-state index contributed by atoms with van der Waals surface area (Å²) < 4.78 is 10.4. The maximum Gasteiger partial charge on any atom is 0.337 e. The highest BCUT2D eigenvalue weighted by Crippen LogP contribution is 2.14. The van der Waals surface area contributed by atoms with Gasteiger partial charge in [-0.3, -0.25) is 9.80 Å². The first-order valence-electron chi connectivity index (χ1n) is 10.1. The predicted molar refractivity (Wildman–Crippen MR) is 112 cm³/mol. The molecule has 1 unspecified atom stereocenters. The van der Waals surface area contributed by atoms with Crippen LogP contribution in [0.4, 0.5) is 0 Å². The number of aliphatic hydroxyl groups excluding tert-OH is 1. The molecular formula is C23H30N2O4. The maximum absolute atomic E-state index is 11.5. The molecule has 1 heterocycles. The molecule has 6 nitrogen and oxygen atoms in total. The predicted octanol–water partition coefficient (Wildman–Crippen LogP) is 2.42. The topological polar surface area (TPSA) is 62.2 Å². The molecule has 29 heavy (non-hydrogen) atoms. The molecule has 0 saturated carbocycles. The zero-order valence-electron chi connectivity index (χ0n) is 17.0. The molecule has 1 N–H and O–H groups in total. The molecule has 0 spiro atoms. The number of nitrogens with zero attached hydrogens (tertiary/aromatic N) is 2. The Morgan fingerprint density at radius 2 is 1.69 bits per heavy atom. The summed E-state index contributed by atoms with van der Waals surface area (Å²) in [6.07, 6.45) is 0.533. The molecule has 1 aliphatic heterocycles. The first-order valence-corrected chi connectivity index (χ1v) is 10.1. The van der Waals surface area contributed by atoms with Gasteiger partial charge in [-0.1, -0.05) is 30.3 Å². The minimum absolute atomic E-state index is 0.224. The van der Waals surface area contributed by atoms with Gasteiger partial charge in [0.05, 0.1) is 12.7 Å². The highest BCUT2D eigenvalue weighted by molar-refractivity contribution is 5.89. The van der Waals surface area contributed by atoms with E-state index in [1.54, 1.807) is 24.3 Å². The number of β-amino-alcohol motifs (C(OH)–C–C–N with tert-alkyl or cyclic N) is 1. The standard InChI is InChI=1S/C23H30N2O4/c1-28-23(27)20-8-10-22(11-9-20)29-18-21(26)17-25-13-5-12-24(14-15-25)16-19-6-3-2-4-7-19/h2-4,6-11,21,26H,5,12-18H2,1H3. The second-order valence-electron chi connectivity index (χ2n) is 7.40. The van der Waals surface area contributed by atoms with Crippen molar-refractivity contribution in [3.05, 3.63) is 65.7 Å². The van der Waals surface area contributed by atoms with Crippen molar-refractivity contribution >= 4 is 5.97 Å². The quantitative estimate of drug-likeness (QED) is 0.689. The normalized spacial score (nSPS) is 16.8. The van der Waals surface area contributed by atoms with E-state index in [9.17, 15) is 9.90 Å². The Kier molecular flexibility index (Phi) is 8.04. The molecule has 0 aliphatic carbocycles. The van der Waals surface area contributed by atoms with Crippen LogP contribution in [0.1, 0.15) is 22.3 Å². The molecule has 156 valence electrons. The van der Waals surface area contributed by atoms with Gasteiger partial charge in [-0.25, -0.2) is 4.79 Å². The van der Waals surface area contributed by atoms with Gasteiger partial charge < -0.3 is 14.6 Å². The minimum Gasteiger partial charge on any atom is -0.491 e. The van der Waals surface area contributed by atoms with Gasteiger partial charge in [0.25, 0.3) is 0 Å². The molecule has 2 aromatic rings. The van der Waals surface area contributed by atoms with E-state index >= 15 is 0 Å².